The Hall–Kier alpha value is -2.54. The first kappa shape index (κ1) is 22.0. The van der Waals surface area contributed by atoms with Gasteiger partial charge in [0.2, 0.25) is 0 Å². The highest BCUT2D eigenvalue weighted by atomic mass is 19.1. The lowest BCUT2D eigenvalue weighted by Gasteiger charge is -2.56. The molecule has 3 N–H and O–H groups in total. The van der Waals surface area contributed by atoms with Gasteiger partial charge in [0.05, 0.1) is 16.9 Å². The van der Waals surface area contributed by atoms with Gasteiger partial charge < -0.3 is 16.0 Å². The number of hydrogen-bond donors (Lipinski definition) is 2. The Kier molecular flexibility index (Phi) is 5.00. The van der Waals surface area contributed by atoms with Gasteiger partial charge >= 0.3 is 0 Å². The zero-order valence-electron chi connectivity index (χ0n) is 19.6. The fraction of sp³-hybridized carbons (Fsp3) is 0.556. The van der Waals surface area contributed by atoms with Gasteiger partial charge in [0, 0.05) is 42.0 Å². The van der Waals surface area contributed by atoms with Gasteiger partial charge in [0.1, 0.15) is 11.6 Å². The zero-order valence-corrected chi connectivity index (χ0v) is 19.6. The third kappa shape index (κ3) is 3.88. The number of hydrogen-bond acceptors (Lipinski definition) is 4. The van der Waals surface area contributed by atoms with Crippen LogP contribution in [0.2, 0.25) is 0 Å². The molecule has 1 amide bonds. The van der Waals surface area contributed by atoms with E-state index in [0.29, 0.717) is 53.4 Å². The number of aromatic nitrogens is 1. The van der Waals surface area contributed by atoms with E-state index in [1.807, 2.05) is 6.92 Å². The first-order chi connectivity index (χ1) is 16.2. The Balaban J connectivity index is 1.40. The van der Waals surface area contributed by atoms with Crippen LogP contribution in [-0.2, 0) is 0 Å². The molecule has 2 heterocycles. The van der Waals surface area contributed by atoms with Crippen molar-refractivity contribution in [3.63, 3.8) is 0 Å². The number of rotatable bonds is 4. The van der Waals surface area contributed by atoms with Crippen LogP contribution in [0.15, 0.2) is 30.5 Å². The number of anilines is 1. The molecule has 1 aliphatic heterocycles. The molecule has 1 atom stereocenters. The van der Waals surface area contributed by atoms with Crippen LogP contribution in [0.1, 0.15) is 62.2 Å². The van der Waals surface area contributed by atoms with Gasteiger partial charge in [-0.2, -0.15) is 0 Å². The highest BCUT2D eigenvalue weighted by Crippen LogP contribution is 2.55. The fourth-order valence-corrected chi connectivity index (χ4v) is 7.61. The number of carbonyl (C=O) groups excluding carboxylic acids is 1. The molecule has 1 saturated heterocycles. The second kappa shape index (κ2) is 7.74. The van der Waals surface area contributed by atoms with Crippen LogP contribution in [0, 0.1) is 29.4 Å². The molecule has 5 fully saturated rings. The molecular formula is C27H32F2N4O. The lowest BCUT2D eigenvalue weighted by Crippen LogP contribution is -2.59. The van der Waals surface area contributed by atoms with Crippen LogP contribution in [0.4, 0.5) is 14.5 Å². The van der Waals surface area contributed by atoms with Gasteiger partial charge in [-0.15, -0.1) is 0 Å². The lowest BCUT2D eigenvalue weighted by molar-refractivity contribution is -0.0166. The van der Waals surface area contributed by atoms with Crippen LogP contribution in [0.25, 0.3) is 11.3 Å². The first-order valence-corrected chi connectivity index (χ1v) is 12.5. The molecule has 0 radical (unpaired) electrons. The summed E-state index contributed by atoms with van der Waals surface area (Å²) >= 11 is 0. The van der Waals surface area contributed by atoms with E-state index in [1.165, 1.54) is 31.4 Å². The van der Waals surface area contributed by atoms with Crippen molar-refractivity contribution >= 4 is 11.6 Å². The minimum Gasteiger partial charge on any atom is -0.367 e. The molecule has 0 spiro atoms. The van der Waals surface area contributed by atoms with Crippen molar-refractivity contribution in [2.45, 2.75) is 62.9 Å². The third-order valence-electron chi connectivity index (χ3n) is 8.54. The molecule has 34 heavy (non-hydrogen) atoms. The van der Waals surface area contributed by atoms with Gasteiger partial charge in [-0.1, -0.05) is 0 Å². The number of halogens is 2. The average molecular weight is 467 g/mol. The number of carbonyl (C=O) groups is 1. The first-order valence-electron chi connectivity index (χ1n) is 12.5. The number of nitrogens with two attached hydrogens (primary N) is 1. The summed E-state index contributed by atoms with van der Waals surface area (Å²) in [6, 6.07) is 5.12. The summed E-state index contributed by atoms with van der Waals surface area (Å²) in [6.45, 7) is 3.18. The summed E-state index contributed by atoms with van der Waals surface area (Å²) in [6.07, 6.45) is 9.38. The van der Waals surface area contributed by atoms with Gasteiger partial charge in [-0.05, 0) is 87.8 Å². The summed E-state index contributed by atoms with van der Waals surface area (Å²) in [7, 11) is 0. The van der Waals surface area contributed by atoms with E-state index >= 15 is 0 Å². The molecule has 180 valence electrons. The van der Waals surface area contributed by atoms with Gasteiger partial charge in [0.15, 0.2) is 0 Å². The van der Waals surface area contributed by atoms with Crippen LogP contribution >= 0.6 is 0 Å². The molecule has 1 aromatic heterocycles. The lowest BCUT2D eigenvalue weighted by atomic mass is 9.53. The average Bonchev–Trinajstić information content (AvgIpc) is 3.10. The standard InChI is InChI=1S/C27H32F2N4O/c1-26(30)3-5-33(15-26)24-22(2-4-31-23(24)19-9-20(28)11-21(29)10-19)25(34)32-27-12-16-6-17(13-27)8-18(7-16)14-27/h2,4,9-11,16-18H,3,5-8,12-15,30H2,1H3,(H,32,34)/t16?,17?,18?,26-,27?/m0/s1. The van der Waals surface area contributed by atoms with Gasteiger partial charge in [0.25, 0.3) is 5.91 Å². The molecule has 4 aliphatic carbocycles. The number of nitrogens with one attached hydrogen (secondary N) is 1. The number of nitrogens with zero attached hydrogens (tertiary/aromatic N) is 2. The van der Waals surface area contributed by atoms with E-state index in [2.05, 4.69) is 15.2 Å². The highest BCUT2D eigenvalue weighted by Gasteiger charge is 2.51. The molecule has 1 aromatic carbocycles. The quantitative estimate of drug-likeness (QED) is 0.688. The summed E-state index contributed by atoms with van der Waals surface area (Å²) < 4.78 is 28.2. The second-order valence-electron chi connectivity index (χ2n) is 11.7. The van der Waals surface area contributed by atoms with Crippen molar-refractivity contribution in [2.75, 3.05) is 18.0 Å². The third-order valence-corrected chi connectivity index (χ3v) is 8.54. The summed E-state index contributed by atoms with van der Waals surface area (Å²) in [5, 5.41) is 3.45. The molecule has 2 aromatic rings. The van der Waals surface area contributed by atoms with Gasteiger partial charge in [-0.3, -0.25) is 9.78 Å². The normalized spacial score (nSPS) is 34.0. The van der Waals surface area contributed by atoms with Crippen LogP contribution in [-0.4, -0.2) is 35.1 Å². The van der Waals surface area contributed by atoms with Crippen molar-refractivity contribution in [2.24, 2.45) is 23.5 Å². The molecule has 4 saturated carbocycles. The summed E-state index contributed by atoms with van der Waals surface area (Å²) in [5.41, 5.74) is 7.73. The molecule has 4 bridgehead atoms. The minimum absolute atomic E-state index is 0.122. The number of amides is 1. The Labute approximate surface area is 199 Å². The smallest absolute Gasteiger partial charge is 0.253 e. The molecule has 7 rings (SSSR count). The maximum absolute atomic E-state index is 14.1. The van der Waals surface area contributed by atoms with E-state index in [9.17, 15) is 13.6 Å². The number of benzene rings is 1. The Morgan fingerprint density at radius 1 is 1.09 bits per heavy atom. The van der Waals surface area contributed by atoms with E-state index in [-0.39, 0.29) is 11.4 Å². The van der Waals surface area contributed by atoms with E-state index in [4.69, 9.17) is 5.73 Å². The zero-order chi connectivity index (χ0) is 23.7. The summed E-state index contributed by atoms with van der Waals surface area (Å²) in [4.78, 5) is 20.4. The molecule has 5 aliphatic rings. The van der Waals surface area contributed by atoms with E-state index in [1.54, 1.807) is 12.3 Å². The van der Waals surface area contributed by atoms with Crippen LogP contribution < -0.4 is 16.0 Å². The molecule has 7 heteroatoms. The predicted molar refractivity (Wildman–Crippen MR) is 127 cm³/mol. The Morgan fingerprint density at radius 2 is 1.71 bits per heavy atom. The molecular weight excluding hydrogens is 434 g/mol. The molecule has 5 nitrogen and oxygen atoms in total. The Bertz CT molecular complexity index is 1090. The minimum atomic E-state index is -0.670. The predicted octanol–water partition coefficient (Wildman–Crippen LogP) is 4.65. The van der Waals surface area contributed by atoms with Gasteiger partial charge in [-0.25, -0.2) is 8.78 Å². The number of pyridine rings is 1. The van der Waals surface area contributed by atoms with Crippen molar-refractivity contribution in [3.8, 4) is 11.3 Å². The fourth-order valence-electron chi connectivity index (χ4n) is 7.61. The van der Waals surface area contributed by atoms with Crippen molar-refractivity contribution in [1.29, 1.82) is 0 Å². The SMILES string of the molecule is C[C@]1(N)CCN(c2c(C(=O)NC34CC5CC(CC(C5)C3)C4)ccnc2-c2cc(F)cc(F)c2)C1. The van der Waals surface area contributed by atoms with Crippen LogP contribution in [0.5, 0.6) is 0 Å². The topological polar surface area (TPSA) is 71.2 Å². The van der Waals surface area contributed by atoms with Crippen molar-refractivity contribution < 1.29 is 13.6 Å². The summed E-state index contributed by atoms with van der Waals surface area (Å²) in [5.74, 6) is 0.679. The largest absolute Gasteiger partial charge is 0.367 e. The molecule has 0 unspecified atom stereocenters. The Morgan fingerprint density at radius 3 is 2.26 bits per heavy atom. The van der Waals surface area contributed by atoms with E-state index in [0.717, 1.165) is 31.7 Å². The maximum Gasteiger partial charge on any atom is 0.253 e. The van der Waals surface area contributed by atoms with E-state index < -0.39 is 17.2 Å². The maximum atomic E-state index is 14.1. The monoisotopic (exact) mass is 466 g/mol. The van der Waals surface area contributed by atoms with Crippen molar-refractivity contribution in [1.82, 2.24) is 10.3 Å². The highest BCUT2D eigenvalue weighted by molar-refractivity contribution is 6.03. The van der Waals surface area contributed by atoms with Crippen molar-refractivity contribution in [3.05, 3.63) is 47.7 Å². The van der Waals surface area contributed by atoms with Crippen LogP contribution in [0.3, 0.4) is 0 Å². The second-order valence-corrected chi connectivity index (χ2v) is 11.7.